The van der Waals surface area contributed by atoms with Gasteiger partial charge in [0.2, 0.25) is 0 Å². The molecule has 0 aliphatic heterocycles. The quantitative estimate of drug-likeness (QED) is 0.844. The number of rotatable bonds is 6. The van der Waals surface area contributed by atoms with E-state index in [4.69, 9.17) is 10.2 Å². The van der Waals surface area contributed by atoms with E-state index in [9.17, 15) is 9.59 Å². The van der Waals surface area contributed by atoms with Crippen LogP contribution in [0.25, 0.3) is 0 Å². The highest BCUT2D eigenvalue weighted by atomic mass is 16.4. The zero-order valence-electron chi connectivity index (χ0n) is 12.3. The van der Waals surface area contributed by atoms with Gasteiger partial charge in [0.1, 0.15) is 0 Å². The summed E-state index contributed by atoms with van der Waals surface area (Å²) in [7, 11) is 0. The van der Waals surface area contributed by atoms with Gasteiger partial charge in [-0.25, -0.2) is 9.59 Å². The third-order valence-electron chi connectivity index (χ3n) is 3.70. The molecule has 0 aromatic heterocycles. The van der Waals surface area contributed by atoms with E-state index in [2.05, 4.69) is 6.92 Å². The molecule has 0 fully saturated rings. The molecule has 2 aromatic rings. The Labute approximate surface area is 129 Å². The van der Waals surface area contributed by atoms with E-state index in [1.54, 1.807) is 24.3 Å². The Morgan fingerprint density at radius 1 is 0.818 bits per heavy atom. The first-order valence-electron chi connectivity index (χ1n) is 7.19. The number of carboxylic acids is 2. The molecular weight excluding hydrogens is 280 g/mol. The van der Waals surface area contributed by atoms with Crippen LogP contribution in [0.1, 0.15) is 57.5 Å². The lowest BCUT2D eigenvalue weighted by atomic mass is 9.87. The fourth-order valence-electron chi connectivity index (χ4n) is 2.53. The minimum Gasteiger partial charge on any atom is -0.478 e. The monoisotopic (exact) mass is 298 g/mol. The standard InChI is InChI=1S/C18H18O4/c1-2-3-16(12-4-8-14(9-5-12)17(19)20)13-6-10-15(11-7-13)18(21)22/h4-11,16H,2-3H2,1H3,(H,19,20)(H,21,22). The van der Waals surface area contributed by atoms with Gasteiger partial charge in [-0.3, -0.25) is 0 Å². The first kappa shape index (κ1) is 15.8. The molecule has 22 heavy (non-hydrogen) atoms. The van der Waals surface area contributed by atoms with Crippen molar-refractivity contribution in [1.82, 2.24) is 0 Å². The molecule has 2 rings (SSSR count). The molecule has 0 bridgehead atoms. The lowest BCUT2D eigenvalue weighted by molar-refractivity contribution is 0.0686. The number of hydrogen-bond donors (Lipinski definition) is 2. The van der Waals surface area contributed by atoms with Crippen molar-refractivity contribution in [3.63, 3.8) is 0 Å². The van der Waals surface area contributed by atoms with Gasteiger partial charge in [-0.1, -0.05) is 37.6 Å². The molecule has 0 heterocycles. The molecular formula is C18H18O4. The molecule has 2 aromatic carbocycles. The fraction of sp³-hybridized carbons (Fsp3) is 0.222. The maximum Gasteiger partial charge on any atom is 0.335 e. The van der Waals surface area contributed by atoms with E-state index in [1.807, 2.05) is 24.3 Å². The van der Waals surface area contributed by atoms with Gasteiger partial charge in [-0.2, -0.15) is 0 Å². The molecule has 0 saturated carbocycles. The van der Waals surface area contributed by atoms with Crippen molar-refractivity contribution in [2.45, 2.75) is 25.7 Å². The number of carboxylic acid groups (broad SMARTS) is 2. The molecule has 0 atom stereocenters. The van der Waals surface area contributed by atoms with Crippen molar-refractivity contribution in [3.05, 3.63) is 70.8 Å². The second kappa shape index (κ2) is 6.89. The number of aromatic carboxylic acids is 2. The SMILES string of the molecule is CCCC(c1ccc(C(=O)O)cc1)c1ccc(C(=O)O)cc1. The Morgan fingerprint density at radius 3 is 1.45 bits per heavy atom. The summed E-state index contributed by atoms with van der Waals surface area (Å²) >= 11 is 0. The smallest absolute Gasteiger partial charge is 0.335 e. The lowest BCUT2D eigenvalue weighted by Crippen LogP contribution is -2.04. The minimum atomic E-state index is -0.940. The highest BCUT2D eigenvalue weighted by Gasteiger charge is 2.15. The largest absolute Gasteiger partial charge is 0.478 e. The fourth-order valence-corrected chi connectivity index (χ4v) is 2.53. The summed E-state index contributed by atoms with van der Waals surface area (Å²) in [6, 6.07) is 13.7. The molecule has 0 spiro atoms. The van der Waals surface area contributed by atoms with Crippen LogP contribution in [0.15, 0.2) is 48.5 Å². The summed E-state index contributed by atoms with van der Waals surface area (Å²) in [5, 5.41) is 17.9. The van der Waals surface area contributed by atoms with Crippen molar-refractivity contribution in [3.8, 4) is 0 Å². The van der Waals surface area contributed by atoms with E-state index in [-0.39, 0.29) is 17.0 Å². The maximum atomic E-state index is 10.9. The van der Waals surface area contributed by atoms with Crippen LogP contribution in [-0.4, -0.2) is 22.2 Å². The van der Waals surface area contributed by atoms with E-state index in [0.717, 1.165) is 24.0 Å². The molecule has 0 radical (unpaired) electrons. The zero-order chi connectivity index (χ0) is 16.1. The summed E-state index contributed by atoms with van der Waals surface area (Å²) in [5.41, 5.74) is 2.60. The molecule has 4 nitrogen and oxygen atoms in total. The molecule has 114 valence electrons. The van der Waals surface area contributed by atoms with Gasteiger partial charge in [0, 0.05) is 5.92 Å². The number of hydrogen-bond acceptors (Lipinski definition) is 2. The van der Waals surface area contributed by atoms with Crippen LogP contribution in [0.3, 0.4) is 0 Å². The molecule has 0 unspecified atom stereocenters. The van der Waals surface area contributed by atoms with E-state index < -0.39 is 11.9 Å². The van der Waals surface area contributed by atoms with Crippen LogP contribution < -0.4 is 0 Å². The van der Waals surface area contributed by atoms with Gasteiger partial charge in [-0.05, 0) is 41.8 Å². The van der Waals surface area contributed by atoms with Gasteiger partial charge >= 0.3 is 11.9 Å². The van der Waals surface area contributed by atoms with E-state index >= 15 is 0 Å². The second-order valence-electron chi connectivity index (χ2n) is 5.20. The topological polar surface area (TPSA) is 74.6 Å². The lowest BCUT2D eigenvalue weighted by Gasteiger charge is -2.17. The molecule has 0 saturated heterocycles. The van der Waals surface area contributed by atoms with Crippen molar-refractivity contribution in [2.75, 3.05) is 0 Å². The van der Waals surface area contributed by atoms with Crippen LogP contribution in [0.5, 0.6) is 0 Å². The zero-order valence-corrected chi connectivity index (χ0v) is 12.3. The van der Waals surface area contributed by atoms with Crippen molar-refractivity contribution in [1.29, 1.82) is 0 Å². The average Bonchev–Trinajstić information content (AvgIpc) is 2.53. The third-order valence-corrected chi connectivity index (χ3v) is 3.70. The molecule has 2 N–H and O–H groups in total. The Bertz CT molecular complexity index is 599. The third kappa shape index (κ3) is 3.52. The average molecular weight is 298 g/mol. The van der Waals surface area contributed by atoms with Gasteiger partial charge in [0.05, 0.1) is 11.1 Å². The second-order valence-corrected chi connectivity index (χ2v) is 5.20. The van der Waals surface area contributed by atoms with Crippen molar-refractivity contribution in [2.24, 2.45) is 0 Å². The Morgan fingerprint density at radius 2 is 1.18 bits per heavy atom. The van der Waals surface area contributed by atoms with Gasteiger partial charge in [0.15, 0.2) is 0 Å². The summed E-state index contributed by atoms with van der Waals surface area (Å²) in [5.74, 6) is -1.75. The van der Waals surface area contributed by atoms with E-state index in [0.29, 0.717) is 0 Å². The van der Waals surface area contributed by atoms with Crippen molar-refractivity contribution < 1.29 is 19.8 Å². The summed E-state index contributed by atoms with van der Waals surface area (Å²) in [6.45, 7) is 2.09. The maximum absolute atomic E-state index is 10.9. The predicted molar refractivity (Wildman–Crippen MR) is 83.6 cm³/mol. The van der Waals surface area contributed by atoms with Crippen LogP contribution in [-0.2, 0) is 0 Å². The van der Waals surface area contributed by atoms with Gasteiger partial charge in [-0.15, -0.1) is 0 Å². The summed E-state index contributed by atoms with van der Waals surface area (Å²) in [4.78, 5) is 21.8. The molecule has 0 amide bonds. The first-order valence-corrected chi connectivity index (χ1v) is 7.19. The highest BCUT2D eigenvalue weighted by Crippen LogP contribution is 2.29. The minimum absolute atomic E-state index is 0.135. The first-order chi connectivity index (χ1) is 10.5. The van der Waals surface area contributed by atoms with Crippen LogP contribution in [0, 0.1) is 0 Å². The summed E-state index contributed by atoms with van der Waals surface area (Å²) in [6.07, 6.45) is 1.89. The Hall–Kier alpha value is -2.62. The Balaban J connectivity index is 2.32. The van der Waals surface area contributed by atoms with Gasteiger partial charge < -0.3 is 10.2 Å². The molecule has 0 aliphatic carbocycles. The van der Waals surface area contributed by atoms with Crippen LogP contribution in [0.4, 0.5) is 0 Å². The number of benzene rings is 2. The number of carbonyl (C=O) groups is 2. The predicted octanol–water partition coefficient (Wildman–Crippen LogP) is 4.02. The molecule has 4 heteroatoms. The van der Waals surface area contributed by atoms with E-state index in [1.165, 1.54) is 0 Å². The van der Waals surface area contributed by atoms with Crippen LogP contribution >= 0.6 is 0 Å². The molecule has 0 aliphatic rings. The van der Waals surface area contributed by atoms with Crippen LogP contribution in [0.2, 0.25) is 0 Å². The van der Waals surface area contributed by atoms with Gasteiger partial charge in [0.25, 0.3) is 0 Å². The highest BCUT2D eigenvalue weighted by molar-refractivity contribution is 5.88. The summed E-state index contributed by atoms with van der Waals surface area (Å²) < 4.78 is 0. The Kier molecular flexibility index (Phi) is 4.94. The normalized spacial score (nSPS) is 10.6. The van der Waals surface area contributed by atoms with Crippen molar-refractivity contribution >= 4 is 11.9 Å².